The molecule has 1 aliphatic carbocycles. The Morgan fingerprint density at radius 1 is 1.30 bits per heavy atom. The number of carbonyl (C=O) groups is 1. The monoisotopic (exact) mass is 337 g/mol. The largest absolute Gasteiger partial charge is 0.483 e. The molecule has 1 atom stereocenters. The van der Waals surface area contributed by atoms with Crippen LogP contribution in [0.5, 0.6) is 5.75 Å². The van der Waals surface area contributed by atoms with Crippen molar-refractivity contribution in [3.63, 3.8) is 0 Å². The quantitative estimate of drug-likeness (QED) is 0.837. The van der Waals surface area contributed by atoms with Crippen LogP contribution in [0.4, 0.5) is 0 Å². The van der Waals surface area contributed by atoms with Gasteiger partial charge in [0.2, 0.25) is 0 Å². The van der Waals surface area contributed by atoms with Gasteiger partial charge in [-0.3, -0.25) is 4.79 Å². The number of fused-ring (bicyclic) bond motifs is 1. The Bertz CT molecular complexity index is 699. The first-order valence-corrected chi connectivity index (χ1v) is 9.98. The molecule has 1 amide bonds. The van der Waals surface area contributed by atoms with Crippen molar-refractivity contribution >= 4 is 15.7 Å². The molecule has 1 aromatic carbocycles. The number of amides is 1. The number of nitrogens with zero attached hydrogens (tertiary/aromatic N) is 1. The van der Waals surface area contributed by atoms with E-state index in [1.807, 2.05) is 12.1 Å². The molecule has 5 nitrogen and oxygen atoms in total. The summed E-state index contributed by atoms with van der Waals surface area (Å²) in [6.07, 6.45) is 4.94. The lowest BCUT2D eigenvalue weighted by Gasteiger charge is -2.24. The van der Waals surface area contributed by atoms with Crippen LogP contribution >= 0.6 is 0 Å². The highest BCUT2D eigenvalue weighted by atomic mass is 32.2. The minimum absolute atomic E-state index is 0.0382. The van der Waals surface area contributed by atoms with Gasteiger partial charge in [0, 0.05) is 13.1 Å². The van der Waals surface area contributed by atoms with E-state index in [9.17, 15) is 13.2 Å². The second kappa shape index (κ2) is 6.51. The van der Waals surface area contributed by atoms with Crippen LogP contribution < -0.4 is 4.74 Å². The summed E-state index contributed by atoms with van der Waals surface area (Å²) >= 11 is 0. The number of ether oxygens (including phenoxy) is 1. The maximum Gasteiger partial charge on any atom is 0.260 e. The van der Waals surface area contributed by atoms with Gasteiger partial charge in [0.05, 0.1) is 11.5 Å². The molecule has 1 aliphatic heterocycles. The number of aryl methyl sites for hydroxylation is 1. The van der Waals surface area contributed by atoms with Gasteiger partial charge in [-0.1, -0.05) is 12.1 Å². The van der Waals surface area contributed by atoms with E-state index in [-0.39, 0.29) is 30.1 Å². The minimum atomic E-state index is -2.99. The van der Waals surface area contributed by atoms with Crippen molar-refractivity contribution in [2.45, 2.75) is 38.1 Å². The van der Waals surface area contributed by atoms with Crippen molar-refractivity contribution in [2.75, 3.05) is 25.2 Å². The van der Waals surface area contributed by atoms with Gasteiger partial charge < -0.3 is 9.64 Å². The zero-order valence-corrected chi connectivity index (χ0v) is 14.3. The van der Waals surface area contributed by atoms with Crippen LogP contribution in [0.3, 0.4) is 0 Å². The molecule has 1 fully saturated rings. The highest BCUT2D eigenvalue weighted by Gasteiger charge is 2.32. The van der Waals surface area contributed by atoms with Crippen molar-refractivity contribution in [2.24, 2.45) is 0 Å². The van der Waals surface area contributed by atoms with Gasteiger partial charge in [0.25, 0.3) is 5.91 Å². The van der Waals surface area contributed by atoms with Crippen LogP contribution in [0.2, 0.25) is 0 Å². The molecule has 2 aliphatic rings. The van der Waals surface area contributed by atoms with Gasteiger partial charge in [-0.2, -0.15) is 0 Å². The fourth-order valence-corrected chi connectivity index (χ4v) is 5.18. The Balaban J connectivity index is 1.61. The van der Waals surface area contributed by atoms with E-state index in [2.05, 4.69) is 6.07 Å². The zero-order valence-electron chi connectivity index (χ0n) is 13.5. The molecular weight excluding hydrogens is 314 g/mol. The normalized spacial score (nSPS) is 22.4. The Morgan fingerprint density at radius 2 is 2.09 bits per heavy atom. The molecule has 0 saturated carbocycles. The number of hydrogen-bond donors (Lipinski definition) is 0. The Hall–Kier alpha value is -1.56. The topological polar surface area (TPSA) is 63.7 Å². The fraction of sp³-hybridized carbons (Fsp3) is 0.588. The van der Waals surface area contributed by atoms with Crippen LogP contribution in [0, 0.1) is 0 Å². The second-order valence-electron chi connectivity index (χ2n) is 6.45. The Kier molecular flexibility index (Phi) is 4.62. The molecule has 3 rings (SSSR count). The minimum Gasteiger partial charge on any atom is -0.483 e. The molecule has 1 saturated heterocycles. The van der Waals surface area contributed by atoms with E-state index >= 15 is 0 Å². The number of hydrogen-bond acceptors (Lipinski definition) is 4. The van der Waals surface area contributed by atoms with Crippen LogP contribution in [0.1, 0.15) is 30.4 Å². The summed E-state index contributed by atoms with van der Waals surface area (Å²) < 4.78 is 28.8. The van der Waals surface area contributed by atoms with E-state index < -0.39 is 9.84 Å². The number of carbonyl (C=O) groups excluding carboxylic acids is 1. The average Bonchev–Trinajstić information content (AvgIpc) is 2.91. The van der Waals surface area contributed by atoms with Crippen LogP contribution in [0.15, 0.2) is 18.2 Å². The lowest BCUT2D eigenvalue weighted by Crippen LogP contribution is -2.40. The molecule has 1 aromatic rings. The molecule has 6 heteroatoms. The first-order valence-electron chi connectivity index (χ1n) is 8.16. The predicted octanol–water partition coefficient (Wildman–Crippen LogP) is 1.59. The fourth-order valence-electron chi connectivity index (χ4n) is 3.41. The number of rotatable bonds is 4. The summed E-state index contributed by atoms with van der Waals surface area (Å²) in [5.41, 5.74) is 2.54. The third-order valence-corrected chi connectivity index (χ3v) is 6.60. The van der Waals surface area contributed by atoms with Gasteiger partial charge in [-0.15, -0.1) is 0 Å². The number of sulfone groups is 1. The molecular formula is C17H23NO4S. The van der Waals surface area contributed by atoms with Crippen LogP contribution in [0.25, 0.3) is 0 Å². The molecule has 0 N–H and O–H groups in total. The van der Waals surface area contributed by atoms with Crippen molar-refractivity contribution in [3.05, 3.63) is 29.3 Å². The summed E-state index contributed by atoms with van der Waals surface area (Å²) in [6.45, 7) is -0.0382. The summed E-state index contributed by atoms with van der Waals surface area (Å²) in [4.78, 5) is 13.8. The molecule has 0 aromatic heterocycles. The highest BCUT2D eigenvalue weighted by molar-refractivity contribution is 7.91. The van der Waals surface area contributed by atoms with E-state index in [1.165, 1.54) is 22.4 Å². The van der Waals surface area contributed by atoms with Crippen LogP contribution in [-0.2, 0) is 27.5 Å². The summed E-state index contributed by atoms with van der Waals surface area (Å²) in [5, 5.41) is 0. The van der Waals surface area contributed by atoms with E-state index in [0.29, 0.717) is 6.42 Å². The summed E-state index contributed by atoms with van der Waals surface area (Å²) in [5.74, 6) is 0.863. The Morgan fingerprint density at radius 3 is 2.83 bits per heavy atom. The third kappa shape index (κ3) is 3.68. The van der Waals surface area contributed by atoms with Gasteiger partial charge >= 0.3 is 0 Å². The zero-order chi connectivity index (χ0) is 16.4. The number of likely N-dealkylation sites (N-methyl/N-ethyl adjacent to an activating group) is 1. The van der Waals surface area contributed by atoms with Gasteiger partial charge in [-0.25, -0.2) is 8.42 Å². The predicted molar refractivity (Wildman–Crippen MR) is 88.4 cm³/mol. The van der Waals surface area contributed by atoms with Crippen molar-refractivity contribution < 1.29 is 17.9 Å². The molecule has 0 radical (unpaired) electrons. The van der Waals surface area contributed by atoms with Gasteiger partial charge in [-0.05, 0) is 49.3 Å². The van der Waals surface area contributed by atoms with Crippen molar-refractivity contribution in [1.82, 2.24) is 4.90 Å². The molecule has 23 heavy (non-hydrogen) atoms. The first-order chi connectivity index (χ1) is 11.0. The maximum absolute atomic E-state index is 12.3. The standard InChI is InChI=1S/C17H23NO4S/c1-18(14-9-10-23(20,21)12-14)17(19)11-22-16-8-4-6-13-5-2-3-7-15(13)16/h4,6,8,14H,2-3,5,7,9-12H2,1H3. The highest BCUT2D eigenvalue weighted by Crippen LogP contribution is 2.29. The van der Waals surface area contributed by atoms with Crippen molar-refractivity contribution in [3.8, 4) is 5.75 Å². The SMILES string of the molecule is CN(C(=O)COc1cccc2c1CCCC2)C1CCS(=O)(=O)C1. The molecule has 0 spiro atoms. The lowest BCUT2D eigenvalue weighted by atomic mass is 9.91. The van der Waals surface area contributed by atoms with Gasteiger partial charge in [0.1, 0.15) is 5.75 Å². The molecule has 1 unspecified atom stereocenters. The van der Waals surface area contributed by atoms with E-state index in [4.69, 9.17) is 4.74 Å². The Labute approximate surface area is 137 Å². The van der Waals surface area contributed by atoms with Gasteiger partial charge in [0.15, 0.2) is 16.4 Å². The molecule has 0 bridgehead atoms. The van der Waals surface area contributed by atoms with Crippen LogP contribution in [-0.4, -0.2) is 50.4 Å². The van der Waals surface area contributed by atoms with E-state index in [1.54, 1.807) is 7.05 Å². The first kappa shape index (κ1) is 16.3. The maximum atomic E-state index is 12.3. The number of benzene rings is 1. The summed E-state index contributed by atoms with van der Waals surface area (Å²) in [6, 6.07) is 5.79. The van der Waals surface area contributed by atoms with E-state index in [0.717, 1.165) is 25.0 Å². The summed E-state index contributed by atoms with van der Waals surface area (Å²) in [7, 11) is -1.32. The third-order valence-electron chi connectivity index (χ3n) is 4.85. The smallest absolute Gasteiger partial charge is 0.260 e. The molecule has 1 heterocycles. The average molecular weight is 337 g/mol. The lowest BCUT2D eigenvalue weighted by molar-refractivity contribution is -0.133. The second-order valence-corrected chi connectivity index (χ2v) is 8.68. The molecule has 126 valence electrons. The van der Waals surface area contributed by atoms with Crippen molar-refractivity contribution in [1.29, 1.82) is 0 Å².